The van der Waals surface area contributed by atoms with Gasteiger partial charge in [0.05, 0.1) is 6.61 Å². The Labute approximate surface area is 117 Å². The summed E-state index contributed by atoms with van der Waals surface area (Å²) in [5.74, 6) is 0. The molecule has 1 fully saturated rings. The normalized spacial score (nSPS) is 23.1. The van der Waals surface area contributed by atoms with E-state index in [2.05, 4.69) is 49.5 Å². The lowest BCUT2D eigenvalue weighted by molar-refractivity contribution is 0.141. The van der Waals surface area contributed by atoms with E-state index in [4.69, 9.17) is 4.74 Å². The number of aryl methyl sites for hydroxylation is 1. The van der Waals surface area contributed by atoms with E-state index in [0.717, 1.165) is 19.8 Å². The smallest absolute Gasteiger partial charge is 0.0535 e. The topological polar surface area (TPSA) is 21.3 Å². The van der Waals surface area contributed by atoms with Crippen molar-refractivity contribution in [3.8, 4) is 0 Å². The van der Waals surface area contributed by atoms with Gasteiger partial charge in [-0.05, 0) is 31.2 Å². The molecule has 1 aliphatic rings. The summed E-state index contributed by atoms with van der Waals surface area (Å²) in [5.41, 5.74) is 1.83. The zero-order valence-electron chi connectivity index (χ0n) is 12.3. The molecule has 1 aliphatic heterocycles. The van der Waals surface area contributed by atoms with Crippen LogP contribution in [0.15, 0.2) is 30.3 Å². The Balaban J connectivity index is 1.80. The lowest BCUT2D eigenvalue weighted by Crippen LogP contribution is -2.38. The van der Waals surface area contributed by atoms with Gasteiger partial charge in [-0.15, -0.1) is 0 Å². The molecule has 0 aliphatic carbocycles. The summed E-state index contributed by atoms with van der Waals surface area (Å²) < 4.78 is 5.66. The van der Waals surface area contributed by atoms with Crippen molar-refractivity contribution in [3.05, 3.63) is 35.9 Å². The van der Waals surface area contributed by atoms with E-state index in [0.29, 0.717) is 11.5 Å². The van der Waals surface area contributed by atoms with Gasteiger partial charge in [0, 0.05) is 24.6 Å². The van der Waals surface area contributed by atoms with Gasteiger partial charge in [-0.2, -0.15) is 0 Å². The quantitative estimate of drug-likeness (QED) is 0.812. The summed E-state index contributed by atoms with van der Waals surface area (Å²) >= 11 is 0. The summed E-state index contributed by atoms with van der Waals surface area (Å²) in [6.45, 7) is 7.40. The number of hydrogen-bond acceptors (Lipinski definition) is 2. The van der Waals surface area contributed by atoms with Crippen molar-refractivity contribution in [1.82, 2.24) is 5.32 Å². The lowest BCUT2D eigenvalue weighted by Gasteiger charge is -2.29. The molecule has 0 amide bonds. The summed E-state index contributed by atoms with van der Waals surface area (Å²) in [6.07, 6.45) is 4.92. The van der Waals surface area contributed by atoms with Gasteiger partial charge in [0.2, 0.25) is 0 Å². The Kier molecular flexibility index (Phi) is 5.41. The molecule has 1 unspecified atom stereocenters. The standard InChI is InChI=1S/C17H27NO/c1-15(2)18-13-17(11-12-19-14-17)10-6-9-16-7-4-3-5-8-16/h3-5,7-8,15,18H,6,9-14H2,1-2H3. The third-order valence-electron chi connectivity index (χ3n) is 4.09. The van der Waals surface area contributed by atoms with Crippen molar-refractivity contribution in [2.45, 2.75) is 45.6 Å². The number of hydrogen-bond donors (Lipinski definition) is 1. The second kappa shape index (κ2) is 7.06. The van der Waals surface area contributed by atoms with Crippen molar-refractivity contribution in [2.24, 2.45) is 5.41 Å². The first kappa shape index (κ1) is 14.5. The maximum atomic E-state index is 5.66. The lowest BCUT2D eigenvalue weighted by atomic mass is 9.81. The largest absolute Gasteiger partial charge is 0.381 e. The molecule has 0 bridgehead atoms. The fourth-order valence-corrected chi connectivity index (χ4v) is 2.81. The summed E-state index contributed by atoms with van der Waals surface area (Å²) in [6, 6.07) is 11.4. The minimum absolute atomic E-state index is 0.374. The fourth-order valence-electron chi connectivity index (χ4n) is 2.81. The van der Waals surface area contributed by atoms with Gasteiger partial charge in [-0.3, -0.25) is 0 Å². The van der Waals surface area contributed by atoms with Crippen LogP contribution in [0.25, 0.3) is 0 Å². The van der Waals surface area contributed by atoms with Gasteiger partial charge in [0.25, 0.3) is 0 Å². The van der Waals surface area contributed by atoms with Crippen molar-refractivity contribution < 1.29 is 4.74 Å². The molecule has 106 valence electrons. The molecule has 1 heterocycles. The molecule has 1 atom stereocenters. The number of ether oxygens (including phenoxy) is 1. The molecular weight excluding hydrogens is 234 g/mol. The van der Waals surface area contributed by atoms with Gasteiger partial charge in [0.1, 0.15) is 0 Å². The highest BCUT2D eigenvalue weighted by Crippen LogP contribution is 2.33. The molecule has 1 saturated heterocycles. The first-order chi connectivity index (χ1) is 9.20. The Hall–Kier alpha value is -0.860. The molecule has 0 aromatic heterocycles. The highest BCUT2D eigenvalue weighted by Gasteiger charge is 2.34. The molecule has 2 nitrogen and oxygen atoms in total. The molecule has 1 N–H and O–H groups in total. The van der Waals surface area contributed by atoms with Crippen LogP contribution in [0.5, 0.6) is 0 Å². The third kappa shape index (κ3) is 4.63. The first-order valence-corrected chi connectivity index (χ1v) is 7.55. The molecule has 2 rings (SSSR count). The zero-order valence-corrected chi connectivity index (χ0v) is 12.3. The zero-order chi connectivity index (χ0) is 13.6. The summed E-state index contributed by atoms with van der Waals surface area (Å²) in [7, 11) is 0. The second-order valence-corrected chi connectivity index (χ2v) is 6.18. The highest BCUT2D eigenvalue weighted by atomic mass is 16.5. The maximum Gasteiger partial charge on any atom is 0.0535 e. The average molecular weight is 261 g/mol. The van der Waals surface area contributed by atoms with Crippen LogP contribution in [0, 0.1) is 5.41 Å². The molecule has 2 heteroatoms. The first-order valence-electron chi connectivity index (χ1n) is 7.55. The SMILES string of the molecule is CC(C)NCC1(CCCc2ccccc2)CCOC1. The minimum atomic E-state index is 0.374. The highest BCUT2D eigenvalue weighted by molar-refractivity contribution is 5.14. The van der Waals surface area contributed by atoms with Crippen LogP contribution >= 0.6 is 0 Å². The Morgan fingerprint density at radius 1 is 1.26 bits per heavy atom. The minimum Gasteiger partial charge on any atom is -0.381 e. The fraction of sp³-hybridized carbons (Fsp3) is 0.647. The van der Waals surface area contributed by atoms with E-state index in [1.54, 1.807) is 0 Å². The number of rotatable bonds is 7. The van der Waals surface area contributed by atoms with Crippen molar-refractivity contribution >= 4 is 0 Å². The van der Waals surface area contributed by atoms with E-state index < -0.39 is 0 Å². The van der Waals surface area contributed by atoms with Crippen LogP contribution in [0.3, 0.4) is 0 Å². The Morgan fingerprint density at radius 2 is 2.05 bits per heavy atom. The molecule has 1 aromatic carbocycles. The van der Waals surface area contributed by atoms with E-state index >= 15 is 0 Å². The third-order valence-corrected chi connectivity index (χ3v) is 4.09. The molecule has 0 radical (unpaired) electrons. The van der Waals surface area contributed by atoms with E-state index in [-0.39, 0.29) is 0 Å². The molecule has 0 saturated carbocycles. The monoisotopic (exact) mass is 261 g/mol. The average Bonchev–Trinajstić information content (AvgIpc) is 2.87. The Morgan fingerprint density at radius 3 is 2.68 bits per heavy atom. The Bertz CT molecular complexity index is 355. The van der Waals surface area contributed by atoms with E-state index in [9.17, 15) is 0 Å². The van der Waals surface area contributed by atoms with E-state index in [1.165, 1.54) is 31.2 Å². The summed E-state index contributed by atoms with van der Waals surface area (Å²) in [5, 5.41) is 3.60. The van der Waals surface area contributed by atoms with Gasteiger partial charge < -0.3 is 10.1 Å². The van der Waals surface area contributed by atoms with Gasteiger partial charge >= 0.3 is 0 Å². The molecule has 0 spiro atoms. The van der Waals surface area contributed by atoms with Crippen molar-refractivity contribution in [2.75, 3.05) is 19.8 Å². The van der Waals surface area contributed by atoms with Crippen molar-refractivity contribution in [1.29, 1.82) is 0 Å². The summed E-state index contributed by atoms with van der Waals surface area (Å²) in [4.78, 5) is 0. The molecule has 19 heavy (non-hydrogen) atoms. The van der Waals surface area contributed by atoms with Crippen LogP contribution in [0.1, 0.15) is 38.7 Å². The predicted molar refractivity (Wildman–Crippen MR) is 80.4 cm³/mol. The second-order valence-electron chi connectivity index (χ2n) is 6.18. The van der Waals surface area contributed by atoms with Crippen LogP contribution in [-0.4, -0.2) is 25.8 Å². The molecular formula is C17H27NO. The number of benzene rings is 1. The van der Waals surface area contributed by atoms with Crippen LogP contribution < -0.4 is 5.32 Å². The van der Waals surface area contributed by atoms with Gasteiger partial charge in [0.15, 0.2) is 0 Å². The van der Waals surface area contributed by atoms with Crippen molar-refractivity contribution in [3.63, 3.8) is 0 Å². The van der Waals surface area contributed by atoms with E-state index in [1.807, 2.05) is 0 Å². The van der Waals surface area contributed by atoms with Gasteiger partial charge in [-0.25, -0.2) is 0 Å². The molecule has 1 aromatic rings. The van der Waals surface area contributed by atoms with Crippen LogP contribution in [0.4, 0.5) is 0 Å². The van der Waals surface area contributed by atoms with Gasteiger partial charge in [-0.1, -0.05) is 44.2 Å². The predicted octanol–water partition coefficient (Wildman–Crippen LogP) is 3.41. The number of nitrogens with one attached hydrogen (secondary N) is 1. The van der Waals surface area contributed by atoms with Crippen LogP contribution in [0.2, 0.25) is 0 Å². The van der Waals surface area contributed by atoms with Crippen LogP contribution in [-0.2, 0) is 11.2 Å². The maximum absolute atomic E-state index is 5.66.